The van der Waals surface area contributed by atoms with Gasteiger partial charge in [-0.25, -0.2) is 4.39 Å². The summed E-state index contributed by atoms with van der Waals surface area (Å²) in [6.45, 7) is 1.43. The maximum absolute atomic E-state index is 12.8. The fraction of sp³-hybridized carbons (Fsp3) is 0.222. The van der Waals surface area contributed by atoms with Gasteiger partial charge in [-0.2, -0.15) is 0 Å². The smallest absolute Gasteiger partial charge is 0.307 e. The third kappa shape index (κ3) is 6.40. The van der Waals surface area contributed by atoms with Crippen LogP contribution >= 0.6 is 23.4 Å². The number of rotatable bonds is 7. The number of nitrogens with one attached hydrogen (secondary N) is 1. The number of thioether (sulfide) groups is 1. The van der Waals surface area contributed by atoms with Crippen LogP contribution in [0.15, 0.2) is 47.4 Å². The molecule has 7 heteroatoms. The van der Waals surface area contributed by atoms with Crippen molar-refractivity contribution in [1.29, 1.82) is 0 Å². The minimum absolute atomic E-state index is 0.158. The molecule has 2 rings (SSSR count). The molecule has 25 heavy (non-hydrogen) atoms. The van der Waals surface area contributed by atoms with Gasteiger partial charge in [-0.3, -0.25) is 9.59 Å². The van der Waals surface area contributed by atoms with Gasteiger partial charge < -0.3 is 10.1 Å². The van der Waals surface area contributed by atoms with E-state index >= 15 is 0 Å². The van der Waals surface area contributed by atoms with E-state index in [1.807, 2.05) is 0 Å². The van der Waals surface area contributed by atoms with E-state index in [-0.39, 0.29) is 18.8 Å². The molecule has 0 bridgehead atoms. The zero-order valence-electron chi connectivity index (χ0n) is 13.6. The minimum Gasteiger partial charge on any atom is -0.456 e. The van der Waals surface area contributed by atoms with Gasteiger partial charge >= 0.3 is 5.97 Å². The third-order valence-electron chi connectivity index (χ3n) is 3.29. The van der Waals surface area contributed by atoms with Crippen molar-refractivity contribution in [3.8, 4) is 0 Å². The monoisotopic (exact) mass is 381 g/mol. The Bertz CT molecular complexity index is 752. The Kier molecular flexibility index (Phi) is 7.28. The number of hydrogen-bond donors (Lipinski definition) is 1. The largest absolute Gasteiger partial charge is 0.456 e. The highest BCUT2D eigenvalue weighted by Crippen LogP contribution is 2.23. The second kappa shape index (κ2) is 9.44. The molecule has 0 radical (unpaired) electrons. The molecule has 0 fully saturated rings. The van der Waals surface area contributed by atoms with Crippen molar-refractivity contribution in [3.05, 3.63) is 58.9 Å². The zero-order valence-corrected chi connectivity index (χ0v) is 15.1. The molecule has 2 aromatic rings. The molecule has 2 aromatic carbocycles. The van der Waals surface area contributed by atoms with E-state index in [1.165, 1.54) is 23.9 Å². The maximum atomic E-state index is 12.8. The number of benzene rings is 2. The molecule has 0 aliphatic carbocycles. The Hall–Kier alpha value is -2.05. The number of ether oxygens (including phenoxy) is 1. The van der Waals surface area contributed by atoms with Crippen LogP contribution in [0.3, 0.4) is 0 Å². The number of esters is 1. The van der Waals surface area contributed by atoms with Crippen molar-refractivity contribution in [1.82, 2.24) is 0 Å². The SMILES string of the molecule is Cc1c(Cl)cccc1NC(=O)COC(=O)CCSc1ccc(F)cc1. The molecule has 1 N–H and O–H groups in total. The summed E-state index contributed by atoms with van der Waals surface area (Å²) in [4.78, 5) is 24.4. The molecule has 0 heterocycles. The molecule has 0 aromatic heterocycles. The number of carbonyl (C=O) groups is 2. The highest BCUT2D eigenvalue weighted by molar-refractivity contribution is 7.99. The predicted octanol–water partition coefficient (Wildman–Crippen LogP) is 4.45. The zero-order chi connectivity index (χ0) is 18.2. The second-order valence-electron chi connectivity index (χ2n) is 5.17. The van der Waals surface area contributed by atoms with Gasteiger partial charge in [-0.1, -0.05) is 17.7 Å². The molecule has 0 saturated carbocycles. The molecule has 0 unspecified atom stereocenters. The van der Waals surface area contributed by atoms with Gasteiger partial charge in [0.25, 0.3) is 5.91 Å². The first-order valence-electron chi connectivity index (χ1n) is 7.54. The van der Waals surface area contributed by atoms with Crippen LogP contribution in [0, 0.1) is 12.7 Å². The van der Waals surface area contributed by atoms with Crippen molar-refractivity contribution in [3.63, 3.8) is 0 Å². The number of halogens is 2. The second-order valence-corrected chi connectivity index (χ2v) is 6.75. The average Bonchev–Trinajstić information content (AvgIpc) is 2.59. The predicted molar refractivity (Wildman–Crippen MR) is 97.5 cm³/mol. The van der Waals surface area contributed by atoms with Crippen LogP contribution in [0.5, 0.6) is 0 Å². The summed E-state index contributed by atoms with van der Waals surface area (Å²) in [6, 6.07) is 11.2. The summed E-state index contributed by atoms with van der Waals surface area (Å²) < 4.78 is 17.7. The van der Waals surface area contributed by atoms with E-state index in [1.54, 1.807) is 37.3 Å². The van der Waals surface area contributed by atoms with Crippen molar-refractivity contribution in [2.75, 3.05) is 17.7 Å². The molecule has 0 aliphatic heterocycles. The Morgan fingerprint density at radius 1 is 1.20 bits per heavy atom. The Morgan fingerprint density at radius 3 is 2.64 bits per heavy atom. The lowest BCUT2D eigenvalue weighted by atomic mass is 10.2. The van der Waals surface area contributed by atoms with Gasteiger partial charge in [0.1, 0.15) is 5.82 Å². The molecule has 4 nitrogen and oxygen atoms in total. The van der Waals surface area contributed by atoms with Crippen molar-refractivity contribution in [2.45, 2.75) is 18.2 Å². The normalized spacial score (nSPS) is 10.4. The first-order chi connectivity index (χ1) is 12.0. The van der Waals surface area contributed by atoms with Gasteiger partial charge in [0, 0.05) is 21.4 Å². The lowest BCUT2D eigenvalue weighted by Crippen LogP contribution is -2.21. The van der Waals surface area contributed by atoms with Crippen LogP contribution in [0.4, 0.5) is 10.1 Å². The Balaban J connectivity index is 1.69. The third-order valence-corrected chi connectivity index (χ3v) is 4.72. The Morgan fingerprint density at radius 2 is 1.92 bits per heavy atom. The van der Waals surface area contributed by atoms with Crippen LogP contribution in [0.1, 0.15) is 12.0 Å². The lowest BCUT2D eigenvalue weighted by Gasteiger charge is -2.10. The molecule has 0 atom stereocenters. The van der Waals surface area contributed by atoms with E-state index in [4.69, 9.17) is 16.3 Å². The van der Waals surface area contributed by atoms with Crippen LogP contribution in [0.25, 0.3) is 0 Å². The van der Waals surface area contributed by atoms with E-state index in [9.17, 15) is 14.0 Å². The minimum atomic E-state index is -0.465. The molecule has 0 aliphatic rings. The van der Waals surface area contributed by atoms with Crippen LogP contribution in [0.2, 0.25) is 5.02 Å². The fourth-order valence-electron chi connectivity index (χ4n) is 1.93. The first-order valence-corrected chi connectivity index (χ1v) is 8.91. The average molecular weight is 382 g/mol. The van der Waals surface area contributed by atoms with Crippen molar-refractivity contribution >= 4 is 40.9 Å². The highest BCUT2D eigenvalue weighted by atomic mass is 35.5. The Labute approximate surface area is 154 Å². The van der Waals surface area contributed by atoms with Crippen LogP contribution < -0.4 is 5.32 Å². The van der Waals surface area contributed by atoms with Crippen molar-refractivity contribution < 1.29 is 18.7 Å². The fourth-order valence-corrected chi connectivity index (χ4v) is 2.94. The van der Waals surface area contributed by atoms with Gasteiger partial charge in [0.05, 0.1) is 6.42 Å². The summed E-state index contributed by atoms with van der Waals surface area (Å²) in [5.41, 5.74) is 1.33. The van der Waals surface area contributed by atoms with E-state index in [2.05, 4.69) is 5.32 Å². The van der Waals surface area contributed by atoms with E-state index in [0.717, 1.165) is 10.5 Å². The number of carbonyl (C=O) groups excluding carboxylic acids is 2. The molecule has 0 spiro atoms. The molecule has 1 amide bonds. The summed E-state index contributed by atoms with van der Waals surface area (Å²) >= 11 is 7.40. The molecular formula is C18H17ClFNO3S. The molecule has 0 saturated heterocycles. The quantitative estimate of drug-likeness (QED) is 0.568. The standard InChI is InChI=1S/C18H17ClFNO3S/c1-12-15(19)3-2-4-16(12)21-17(22)11-24-18(23)9-10-25-14-7-5-13(20)6-8-14/h2-8H,9-11H2,1H3,(H,21,22). The van der Waals surface area contributed by atoms with Gasteiger partial charge in [0.2, 0.25) is 0 Å². The van der Waals surface area contributed by atoms with E-state index < -0.39 is 11.9 Å². The molecular weight excluding hydrogens is 365 g/mol. The summed E-state index contributed by atoms with van der Waals surface area (Å²) in [5, 5.41) is 3.20. The van der Waals surface area contributed by atoms with Crippen molar-refractivity contribution in [2.24, 2.45) is 0 Å². The number of anilines is 1. The lowest BCUT2D eigenvalue weighted by molar-refractivity contribution is -0.146. The maximum Gasteiger partial charge on any atom is 0.307 e. The van der Waals surface area contributed by atoms with Gasteiger partial charge in [-0.15, -0.1) is 11.8 Å². The summed E-state index contributed by atoms with van der Waals surface area (Å²) in [5.74, 6) is -0.707. The molecule has 132 valence electrons. The van der Waals surface area contributed by atoms with Gasteiger partial charge in [0.15, 0.2) is 6.61 Å². The first kappa shape index (κ1) is 19.3. The van der Waals surface area contributed by atoms with Crippen LogP contribution in [-0.2, 0) is 14.3 Å². The van der Waals surface area contributed by atoms with Crippen LogP contribution in [-0.4, -0.2) is 24.2 Å². The van der Waals surface area contributed by atoms with Gasteiger partial charge in [-0.05, 0) is 48.9 Å². The number of amides is 1. The number of hydrogen-bond acceptors (Lipinski definition) is 4. The highest BCUT2D eigenvalue weighted by Gasteiger charge is 2.10. The summed E-state index contributed by atoms with van der Waals surface area (Å²) in [6.07, 6.45) is 0.158. The summed E-state index contributed by atoms with van der Waals surface area (Å²) in [7, 11) is 0. The topological polar surface area (TPSA) is 55.4 Å². The van der Waals surface area contributed by atoms with E-state index in [0.29, 0.717) is 16.5 Å².